The van der Waals surface area contributed by atoms with Crippen molar-refractivity contribution < 1.29 is 9.72 Å². The minimum Gasteiger partial charge on any atom is -0.341 e. The minimum atomic E-state index is -0.438. The standard InChI is InChI=1S/C18H21N3O3/c1-13(17(19)14-8-4-3-5-9-14)18(22)20(2)12-15-10-6-7-11-16(15)21(23)24/h3-11,13,17H,12,19H2,1-2H3/t13-,17-/m0/s1. The molecule has 2 rings (SSSR count). The molecule has 2 atom stereocenters. The number of nitro groups is 1. The highest BCUT2D eigenvalue weighted by atomic mass is 16.6. The predicted molar refractivity (Wildman–Crippen MR) is 92.1 cm³/mol. The normalized spacial score (nSPS) is 13.1. The maximum Gasteiger partial charge on any atom is 0.274 e. The number of nitrogens with two attached hydrogens (primary N) is 1. The molecule has 2 N–H and O–H groups in total. The summed E-state index contributed by atoms with van der Waals surface area (Å²) in [6, 6.07) is 15.4. The molecule has 126 valence electrons. The SMILES string of the molecule is C[C@H](C(=O)N(C)Cc1ccccc1[N+](=O)[O-])[C@H](N)c1ccccc1. The van der Waals surface area contributed by atoms with E-state index in [1.165, 1.54) is 11.0 Å². The maximum atomic E-state index is 12.6. The molecule has 0 unspecified atom stereocenters. The van der Waals surface area contributed by atoms with Crippen LogP contribution in [0.1, 0.15) is 24.1 Å². The first-order valence-corrected chi connectivity index (χ1v) is 7.69. The van der Waals surface area contributed by atoms with Crippen molar-refractivity contribution in [1.29, 1.82) is 0 Å². The molecule has 0 bridgehead atoms. The summed E-state index contributed by atoms with van der Waals surface area (Å²) in [6.45, 7) is 1.94. The van der Waals surface area contributed by atoms with Gasteiger partial charge < -0.3 is 10.6 Å². The quantitative estimate of drug-likeness (QED) is 0.652. The Bertz CT molecular complexity index is 718. The van der Waals surface area contributed by atoms with Gasteiger partial charge in [0.15, 0.2) is 0 Å². The molecule has 6 nitrogen and oxygen atoms in total. The molecule has 2 aromatic rings. The Labute approximate surface area is 141 Å². The van der Waals surface area contributed by atoms with Crippen LogP contribution in [0.3, 0.4) is 0 Å². The molecule has 0 radical (unpaired) electrons. The van der Waals surface area contributed by atoms with E-state index in [0.29, 0.717) is 5.56 Å². The van der Waals surface area contributed by atoms with Gasteiger partial charge in [0, 0.05) is 24.7 Å². The van der Waals surface area contributed by atoms with Crippen LogP contribution in [0.15, 0.2) is 54.6 Å². The number of nitrogens with zero attached hydrogens (tertiary/aromatic N) is 2. The maximum absolute atomic E-state index is 12.6. The van der Waals surface area contributed by atoms with Crippen molar-refractivity contribution in [2.45, 2.75) is 19.5 Å². The number of hydrogen-bond acceptors (Lipinski definition) is 4. The van der Waals surface area contributed by atoms with E-state index < -0.39 is 16.9 Å². The summed E-state index contributed by atoms with van der Waals surface area (Å²) in [7, 11) is 1.63. The van der Waals surface area contributed by atoms with Crippen molar-refractivity contribution in [2.24, 2.45) is 11.7 Å². The number of benzene rings is 2. The lowest BCUT2D eigenvalue weighted by atomic mass is 9.94. The number of para-hydroxylation sites is 1. The van der Waals surface area contributed by atoms with Crippen LogP contribution in [0.25, 0.3) is 0 Å². The lowest BCUT2D eigenvalue weighted by Gasteiger charge is -2.25. The highest BCUT2D eigenvalue weighted by Crippen LogP contribution is 2.23. The molecule has 0 aliphatic heterocycles. The van der Waals surface area contributed by atoms with E-state index in [1.807, 2.05) is 30.3 Å². The monoisotopic (exact) mass is 327 g/mol. The summed E-state index contributed by atoms with van der Waals surface area (Å²) in [5.41, 5.74) is 7.59. The summed E-state index contributed by atoms with van der Waals surface area (Å²) < 4.78 is 0. The zero-order valence-electron chi connectivity index (χ0n) is 13.8. The van der Waals surface area contributed by atoms with Crippen molar-refractivity contribution in [3.63, 3.8) is 0 Å². The number of carbonyl (C=O) groups is 1. The number of amides is 1. The number of carbonyl (C=O) groups excluding carboxylic acids is 1. The topological polar surface area (TPSA) is 89.5 Å². The zero-order valence-corrected chi connectivity index (χ0v) is 13.8. The Kier molecular flexibility index (Phi) is 5.65. The Morgan fingerprint density at radius 3 is 2.38 bits per heavy atom. The molecular formula is C18H21N3O3. The molecular weight excluding hydrogens is 306 g/mol. The van der Waals surface area contributed by atoms with Gasteiger partial charge in [-0.1, -0.05) is 55.5 Å². The molecule has 2 aromatic carbocycles. The number of hydrogen-bond donors (Lipinski definition) is 1. The van der Waals surface area contributed by atoms with Gasteiger partial charge in [-0.2, -0.15) is 0 Å². The van der Waals surface area contributed by atoms with Gasteiger partial charge in [0.1, 0.15) is 0 Å². The Morgan fingerprint density at radius 1 is 1.17 bits per heavy atom. The van der Waals surface area contributed by atoms with E-state index in [1.54, 1.807) is 32.2 Å². The van der Waals surface area contributed by atoms with Crippen LogP contribution in [0.4, 0.5) is 5.69 Å². The third kappa shape index (κ3) is 3.97. The Hall–Kier alpha value is -2.73. The van der Waals surface area contributed by atoms with E-state index in [9.17, 15) is 14.9 Å². The second-order valence-electron chi connectivity index (χ2n) is 5.81. The summed E-state index contributed by atoms with van der Waals surface area (Å²) in [5.74, 6) is -0.579. The fourth-order valence-corrected chi connectivity index (χ4v) is 2.62. The molecule has 6 heteroatoms. The average Bonchev–Trinajstić information content (AvgIpc) is 2.60. The molecule has 0 heterocycles. The molecule has 0 saturated carbocycles. The zero-order chi connectivity index (χ0) is 17.7. The first-order chi connectivity index (χ1) is 11.4. The van der Waals surface area contributed by atoms with Crippen LogP contribution in [0, 0.1) is 16.0 Å². The van der Waals surface area contributed by atoms with Gasteiger partial charge in [-0.25, -0.2) is 0 Å². The van der Waals surface area contributed by atoms with Gasteiger partial charge in [-0.15, -0.1) is 0 Å². The van der Waals surface area contributed by atoms with Gasteiger partial charge in [0.05, 0.1) is 17.4 Å². The largest absolute Gasteiger partial charge is 0.341 e. The predicted octanol–water partition coefficient (Wildman–Crippen LogP) is 2.89. The van der Waals surface area contributed by atoms with Gasteiger partial charge in [0.2, 0.25) is 5.91 Å². The average molecular weight is 327 g/mol. The van der Waals surface area contributed by atoms with Crippen LogP contribution < -0.4 is 5.73 Å². The van der Waals surface area contributed by atoms with E-state index in [-0.39, 0.29) is 18.1 Å². The van der Waals surface area contributed by atoms with Crippen LogP contribution in [0.5, 0.6) is 0 Å². The van der Waals surface area contributed by atoms with Crippen molar-refractivity contribution >= 4 is 11.6 Å². The molecule has 24 heavy (non-hydrogen) atoms. The van der Waals surface area contributed by atoms with Gasteiger partial charge >= 0.3 is 0 Å². The lowest BCUT2D eigenvalue weighted by Crippen LogP contribution is -2.36. The van der Waals surface area contributed by atoms with Gasteiger partial charge in [-0.3, -0.25) is 14.9 Å². The van der Waals surface area contributed by atoms with Crippen molar-refractivity contribution in [1.82, 2.24) is 4.90 Å². The number of nitro benzene ring substituents is 1. The third-order valence-electron chi connectivity index (χ3n) is 4.08. The van der Waals surface area contributed by atoms with Crippen molar-refractivity contribution in [3.05, 3.63) is 75.8 Å². The van der Waals surface area contributed by atoms with Crippen LogP contribution >= 0.6 is 0 Å². The van der Waals surface area contributed by atoms with Crippen LogP contribution in [-0.2, 0) is 11.3 Å². The Balaban J connectivity index is 2.11. The van der Waals surface area contributed by atoms with E-state index >= 15 is 0 Å². The molecule has 0 aliphatic rings. The Morgan fingerprint density at radius 2 is 1.75 bits per heavy atom. The van der Waals surface area contributed by atoms with E-state index in [4.69, 9.17) is 5.73 Å². The van der Waals surface area contributed by atoms with Crippen LogP contribution in [-0.4, -0.2) is 22.8 Å². The molecule has 0 aromatic heterocycles. The highest BCUT2D eigenvalue weighted by Gasteiger charge is 2.26. The van der Waals surface area contributed by atoms with Gasteiger partial charge in [0.25, 0.3) is 5.69 Å². The first kappa shape index (κ1) is 17.6. The second-order valence-corrected chi connectivity index (χ2v) is 5.81. The smallest absolute Gasteiger partial charge is 0.274 e. The van der Waals surface area contributed by atoms with E-state index in [0.717, 1.165) is 5.56 Å². The van der Waals surface area contributed by atoms with Crippen LogP contribution in [0.2, 0.25) is 0 Å². The second kappa shape index (κ2) is 7.70. The molecule has 0 fully saturated rings. The molecule has 1 amide bonds. The fourth-order valence-electron chi connectivity index (χ4n) is 2.62. The van der Waals surface area contributed by atoms with Gasteiger partial charge in [-0.05, 0) is 5.56 Å². The minimum absolute atomic E-state index is 0.0113. The number of rotatable bonds is 6. The molecule has 0 saturated heterocycles. The third-order valence-corrected chi connectivity index (χ3v) is 4.08. The molecule has 0 aliphatic carbocycles. The lowest BCUT2D eigenvalue weighted by molar-refractivity contribution is -0.385. The first-order valence-electron chi connectivity index (χ1n) is 7.69. The van der Waals surface area contributed by atoms with Crippen molar-refractivity contribution in [2.75, 3.05) is 7.05 Å². The highest BCUT2D eigenvalue weighted by molar-refractivity contribution is 5.79. The summed E-state index contributed by atoms with van der Waals surface area (Å²) >= 11 is 0. The van der Waals surface area contributed by atoms with Crippen molar-refractivity contribution in [3.8, 4) is 0 Å². The summed E-state index contributed by atoms with van der Waals surface area (Å²) in [4.78, 5) is 24.7. The fraction of sp³-hybridized carbons (Fsp3) is 0.278. The summed E-state index contributed by atoms with van der Waals surface area (Å²) in [5, 5.41) is 11.1. The van der Waals surface area contributed by atoms with E-state index in [2.05, 4.69) is 0 Å². The summed E-state index contributed by atoms with van der Waals surface area (Å²) in [6.07, 6.45) is 0. The molecule has 0 spiro atoms.